The molecule has 0 saturated heterocycles. The minimum Gasteiger partial charge on any atom is -0.485 e. The number of hydrogen-bond acceptors (Lipinski definition) is 5. The zero-order valence-electron chi connectivity index (χ0n) is 15.8. The molecular weight excluding hydrogens is 356 g/mol. The molecular formula is C19H27ClN2O4. The average molecular weight is 383 g/mol. The Morgan fingerprint density at radius 1 is 1.42 bits per heavy atom. The molecule has 144 valence electrons. The highest BCUT2D eigenvalue weighted by atomic mass is 35.5. The molecule has 0 amide bonds. The third-order valence-electron chi connectivity index (χ3n) is 4.07. The first-order valence-corrected chi connectivity index (χ1v) is 9.08. The zero-order chi connectivity index (χ0) is 19.4. The standard InChI is InChI=1S/C19H27ClN2O4/c1-18(2,3)22-17(24)16(20)15(12-21-22)25-13-14-6-8-19(4,9-7-14)26-11-5-10-23/h6-8,12,23H,5,9-11,13H2,1-4H3. The summed E-state index contributed by atoms with van der Waals surface area (Å²) in [5.41, 5.74) is -0.210. The summed E-state index contributed by atoms with van der Waals surface area (Å²) in [5.74, 6) is 0.277. The van der Waals surface area contributed by atoms with Crippen LogP contribution in [0.25, 0.3) is 0 Å². The number of halogens is 1. The summed E-state index contributed by atoms with van der Waals surface area (Å²) in [7, 11) is 0. The number of nitrogens with zero attached hydrogens (tertiary/aromatic N) is 2. The summed E-state index contributed by atoms with van der Waals surface area (Å²) >= 11 is 6.16. The molecule has 0 aromatic carbocycles. The van der Waals surface area contributed by atoms with Crippen LogP contribution in [-0.4, -0.2) is 40.3 Å². The van der Waals surface area contributed by atoms with Crippen LogP contribution in [0.2, 0.25) is 5.02 Å². The Labute approximate surface area is 159 Å². The molecule has 0 saturated carbocycles. The molecule has 1 aromatic heterocycles. The van der Waals surface area contributed by atoms with E-state index in [0.717, 1.165) is 5.57 Å². The van der Waals surface area contributed by atoms with Crippen molar-refractivity contribution < 1.29 is 14.6 Å². The van der Waals surface area contributed by atoms with Gasteiger partial charge in [0.1, 0.15) is 6.61 Å². The van der Waals surface area contributed by atoms with Gasteiger partial charge in [-0.3, -0.25) is 4.79 Å². The Morgan fingerprint density at radius 2 is 2.15 bits per heavy atom. The molecule has 1 N–H and O–H groups in total. The molecule has 1 aliphatic rings. The fraction of sp³-hybridized carbons (Fsp3) is 0.579. The first kappa shape index (κ1) is 20.7. The van der Waals surface area contributed by atoms with Crippen molar-refractivity contribution >= 4 is 11.6 Å². The molecule has 1 aliphatic carbocycles. The SMILES string of the molecule is CC1(OCCCO)C=CC(COc2cnn(C(C)(C)C)c(=O)c2Cl)=CC1. The fourth-order valence-corrected chi connectivity index (χ4v) is 2.68. The lowest BCUT2D eigenvalue weighted by molar-refractivity contribution is 0.000248. The molecule has 0 radical (unpaired) electrons. The number of aromatic nitrogens is 2. The van der Waals surface area contributed by atoms with Crippen molar-refractivity contribution in [1.29, 1.82) is 0 Å². The largest absolute Gasteiger partial charge is 0.485 e. The molecule has 0 fully saturated rings. The second kappa shape index (κ2) is 8.37. The van der Waals surface area contributed by atoms with Crippen LogP contribution in [0.3, 0.4) is 0 Å². The van der Waals surface area contributed by atoms with Gasteiger partial charge in [-0.2, -0.15) is 5.10 Å². The Hall–Kier alpha value is -1.63. The minimum atomic E-state index is -0.450. The van der Waals surface area contributed by atoms with Gasteiger partial charge in [-0.05, 0) is 46.1 Å². The lowest BCUT2D eigenvalue weighted by atomic mass is 9.94. The molecule has 0 bridgehead atoms. The maximum atomic E-state index is 12.3. The van der Waals surface area contributed by atoms with E-state index in [9.17, 15) is 4.79 Å². The van der Waals surface area contributed by atoms with E-state index in [1.54, 1.807) is 0 Å². The van der Waals surface area contributed by atoms with E-state index >= 15 is 0 Å². The van der Waals surface area contributed by atoms with E-state index in [-0.39, 0.29) is 28.5 Å². The van der Waals surface area contributed by atoms with Crippen LogP contribution >= 0.6 is 11.6 Å². The predicted octanol–water partition coefficient (Wildman–Crippen LogP) is 3.07. The number of hydrogen-bond donors (Lipinski definition) is 1. The highest BCUT2D eigenvalue weighted by Gasteiger charge is 2.24. The molecule has 1 heterocycles. The molecule has 2 rings (SSSR count). The number of aliphatic hydroxyl groups excluding tert-OH is 1. The summed E-state index contributed by atoms with van der Waals surface area (Å²) < 4.78 is 12.8. The smallest absolute Gasteiger partial charge is 0.289 e. The van der Waals surface area contributed by atoms with Gasteiger partial charge >= 0.3 is 0 Å². The molecule has 0 aliphatic heterocycles. The Balaban J connectivity index is 1.98. The highest BCUT2D eigenvalue weighted by molar-refractivity contribution is 6.31. The Bertz CT molecular complexity index is 749. The maximum absolute atomic E-state index is 12.3. The molecule has 1 unspecified atom stereocenters. The second-order valence-electron chi connectivity index (χ2n) is 7.55. The van der Waals surface area contributed by atoms with Gasteiger partial charge < -0.3 is 14.6 Å². The first-order chi connectivity index (χ1) is 12.2. The van der Waals surface area contributed by atoms with Crippen molar-refractivity contribution in [1.82, 2.24) is 9.78 Å². The van der Waals surface area contributed by atoms with Gasteiger partial charge in [-0.1, -0.05) is 29.8 Å². The number of ether oxygens (including phenoxy) is 2. The average Bonchev–Trinajstić information content (AvgIpc) is 2.57. The van der Waals surface area contributed by atoms with Crippen molar-refractivity contribution in [3.8, 4) is 5.75 Å². The van der Waals surface area contributed by atoms with Crippen LogP contribution in [0, 0.1) is 0 Å². The van der Waals surface area contributed by atoms with Gasteiger partial charge in [0, 0.05) is 13.2 Å². The van der Waals surface area contributed by atoms with Crippen LogP contribution in [-0.2, 0) is 10.3 Å². The minimum absolute atomic E-state index is 0.0347. The van der Waals surface area contributed by atoms with Gasteiger partial charge in [0.25, 0.3) is 5.56 Å². The molecule has 0 spiro atoms. The van der Waals surface area contributed by atoms with Crippen molar-refractivity contribution in [2.24, 2.45) is 0 Å². The first-order valence-electron chi connectivity index (χ1n) is 8.70. The Morgan fingerprint density at radius 3 is 2.73 bits per heavy atom. The van der Waals surface area contributed by atoms with Crippen molar-refractivity contribution in [3.63, 3.8) is 0 Å². The van der Waals surface area contributed by atoms with Crippen LogP contribution in [0.5, 0.6) is 5.75 Å². The summed E-state index contributed by atoms with van der Waals surface area (Å²) in [6.45, 7) is 8.59. The predicted molar refractivity (Wildman–Crippen MR) is 102 cm³/mol. The third kappa shape index (κ3) is 5.19. The summed E-state index contributed by atoms with van der Waals surface area (Å²) in [5, 5.41) is 13.0. The molecule has 1 atom stereocenters. The monoisotopic (exact) mass is 382 g/mol. The Kier molecular flexibility index (Phi) is 6.66. The summed E-state index contributed by atoms with van der Waals surface area (Å²) in [6.07, 6.45) is 8.78. The van der Waals surface area contributed by atoms with Crippen molar-refractivity contribution in [2.75, 3.05) is 19.8 Å². The molecule has 6 nitrogen and oxygen atoms in total. The van der Waals surface area contributed by atoms with E-state index in [1.807, 2.05) is 45.9 Å². The lowest BCUT2D eigenvalue weighted by Gasteiger charge is -2.28. The summed E-state index contributed by atoms with van der Waals surface area (Å²) in [4.78, 5) is 12.3. The quantitative estimate of drug-likeness (QED) is 0.733. The van der Waals surface area contributed by atoms with E-state index in [2.05, 4.69) is 5.10 Å². The van der Waals surface area contributed by atoms with Gasteiger partial charge in [0.15, 0.2) is 10.8 Å². The lowest BCUT2D eigenvalue weighted by Crippen LogP contribution is -2.36. The van der Waals surface area contributed by atoms with Crippen molar-refractivity contribution in [2.45, 2.75) is 51.7 Å². The van der Waals surface area contributed by atoms with Crippen molar-refractivity contribution in [3.05, 3.63) is 45.4 Å². The highest BCUT2D eigenvalue weighted by Crippen LogP contribution is 2.26. The molecule has 1 aromatic rings. The van der Waals surface area contributed by atoms with E-state index < -0.39 is 5.54 Å². The van der Waals surface area contributed by atoms with E-state index in [4.69, 9.17) is 26.2 Å². The van der Waals surface area contributed by atoms with Gasteiger partial charge in [0.05, 0.1) is 17.3 Å². The van der Waals surface area contributed by atoms with E-state index in [0.29, 0.717) is 26.1 Å². The number of aliphatic hydroxyl groups is 1. The van der Waals surface area contributed by atoms with Gasteiger partial charge in [-0.15, -0.1) is 0 Å². The molecule has 7 heteroatoms. The maximum Gasteiger partial charge on any atom is 0.289 e. The van der Waals surface area contributed by atoms with Gasteiger partial charge in [0.2, 0.25) is 0 Å². The van der Waals surface area contributed by atoms with Crippen LogP contribution in [0.4, 0.5) is 0 Å². The van der Waals surface area contributed by atoms with E-state index in [1.165, 1.54) is 10.9 Å². The second-order valence-corrected chi connectivity index (χ2v) is 7.93. The fourth-order valence-electron chi connectivity index (χ4n) is 2.49. The number of rotatable bonds is 7. The zero-order valence-corrected chi connectivity index (χ0v) is 16.5. The van der Waals surface area contributed by atoms with Crippen LogP contribution in [0.1, 0.15) is 40.5 Å². The van der Waals surface area contributed by atoms with Gasteiger partial charge in [-0.25, -0.2) is 4.68 Å². The molecule has 26 heavy (non-hydrogen) atoms. The topological polar surface area (TPSA) is 73.6 Å². The van der Waals surface area contributed by atoms with Crippen LogP contribution in [0.15, 0.2) is 34.8 Å². The third-order valence-corrected chi connectivity index (χ3v) is 4.42. The summed E-state index contributed by atoms with van der Waals surface area (Å²) in [6, 6.07) is 0. The normalized spacial score (nSPS) is 20.2. The van der Waals surface area contributed by atoms with Crippen LogP contribution < -0.4 is 10.3 Å².